The predicted octanol–water partition coefficient (Wildman–Crippen LogP) is 13.8. The Bertz CT molecular complexity index is 3370. The number of fused-ring (bicyclic) bond motifs is 9. The molecule has 0 unspecified atom stereocenters. The third-order valence-corrected chi connectivity index (χ3v) is 12.4. The second kappa shape index (κ2) is 13.2. The van der Waals surface area contributed by atoms with Crippen LogP contribution in [0, 0.1) is 0 Å². The molecule has 3 aromatic heterocycles. The van der Waals surface area contributed by atoms with Gasteiger partial charge in [-0.15, -0.1) is 0 Å². The molecular weight excluding hydrogens is 715 g/mol. The first-order valence-corrected chi connectivity index (χ1v) is 20.2. The van der Waals surface area contributed by atoms with Gasteiger partial charge in [0.05, 0.1) is 33.4 Å². The molecule has 3 nitrogen and oxygen atoms in total. The fourth-order valence-corrected chi connectivity index (χ4v) is 9.64. The molecule has 59 heavy (non-hydrogen) atoms. The average molecular weight is 750 g/mol. The van der Waals surface area contributed by atoms with Crippen LogP contribution in [-0.4, -0.2) is 15.0 Å². The molecule has 11 aromatic rings. The first-order chi connectivity index (χ1) is 29.2. The number of nitrogens with zero attached hydrogens (tertiary/aromatic N) is 3. The van der Waals surface area contributed by atoms with Gasteiger partial charge in [0.15, 0.2) is 0 Å². The summed E-state index contributed by atoms with van der Waals surface area (Å²) in [7, 11) is 0. The van der Waals surface area contributed by atoms with Gasteiger partial charge in [-0.25, -0.2) is 9.97 Å². The molecule has 0 saturated heterocycles. The topological polar surface area (TPSA) is 38.7 Å². The van der Waals surface area contributed by atoms with E-state index < -0.39 is 5.41 Å². The number of pyridine rings is 3. The third kappa shape index (κ3) is 5.11. The van der Waals surface area contributed by atoms with Crippen LogP contribution in [0.2, 0.25) is 0 Å². The van der Waals surface area contributed by atoms with E-state index in [1.165, 1.54) is 38.8 Å². The molecule has 274 valence electrons. The summed E-state index contributed by atoms with van der Waals surface area (Å²) in [6.45, 7) is 0. The van der Waals surface area contributed by atoms with Crippen LogP contribution in [-0.2, 0) is 5.41 Å². The van der Waals surface area contributed by atoms with E-state index in [0.29, 0.717) is 0 Å². The fraction of sp³-hybridized carbons (Fsp3) is 0.0179. The van der Waals surface area contributed by atoms with Crippen molar-refractivity contribution in [2.45, 2.75) is 5.41 Å². The molecule has 0 atom stereocenters. The number of para-hydroxylation sites is 1. The molecule has 3 heterocycles. The minimum absolute atomic E-state index is 0.472. The maximum atomic E-state index is 5.38. The van der Waals surface area contributed by atoms with E-state index in [4.69, 9.17) is 9.97 Å². The Kier molecular flexibility index (Phi) is 7.45. The lowest BCUT2D eigenvalue weighted by Crippen LogP contribution is -2.28. The highest BCUT2D eigenvalue weighted by Crippen LogP contribution is 2.57. The minimum Gasteiger partial charge on any atom is -0.254 e. The SMILES string of the molecule is c1ccc(C2(c3ccccc3)c3ccccc3-c3cc4c(-c5ccc(-c6ccc(-c7ccc8ccc9cccnc9c8n7)cc6)cc5)nc5ccccc5c4cc32)cc1. The van der Waals surface area contributed by atoms with Crippen LogP contribution in [0.4, 0.5) is 0 Å². The van der Waals surface area contributed by atoms with E-state index in [0.717, 1.165) is 71.7 Å². The standard InChI is InChI=1S/C56H35N3/c1-3-13-42(14-4-1)56(43-15-5-2-6-16-43)49-19-9-7-17-44(49)47-34-48-46(35-50(47)56)45-18-8-10-20-52(45)59-53(48)40-27-23-37(24-28-40)36-21-25-38(26-22-36)51-32-31-41-30-29-39-12-11-33-57-54(39)55(41)58-51/h1-35H. The summed E-state index contributed by atoms with van der Waals surface area (Å²) >= 11 is 0. The molecule has 0 N–H and O–H groups in total. The maximum Gasteiger partial charge on any atom is 0.0972 e. The zero-order valence-corrected chi connectivity index (χ0v) is 32.0. The molecule has 0 radical (unpaired) electrons. The van der Waals surface area contributed by atoms with Gasteiger partial charge in [0.2, 0.25) is 0 Å². The monoisotopic (exact) mass is 749 g/mol. The molecule has 0 bridgehead atoms. The summed E-state index contributed by atoms with van der Waals surface area (Å²) < 4.78 is 0. The van der Waals surface area contributed by atoms with Crippen LogP contribution in [0.5, 0.6) is 0 Å². The number of rotatable bonds is 5. The molecular formula is C56H35N3. The molecule has 8 aromatic carbocycles. The molecule has 1 aliphatic rings. The Morgan fingerprint density at radius 3 is 1.71 bits per heavy atom. The van der Waals surface area contributed by atoms with Crippen molar-refractivity contribution in [3.8, 4) is 44.8 Å². The predicted molar refractivity (Wildman–Crippen MR) is 243 cm³/mol. The average Bonchev–Trinajstić information content (AvgIpc) is 3.61. The van der Waals surface area contributed by atoms with Crippen LogP contribution in [0.3, 0.4) is 0 Å². The summed E-state index contributed by atoms with van der Waals surface area (Å²) in [6.07, 6.45) is 1.84. The molecule has 0 aliphatic heterocycles. The lowest BCUT2D eigenvalue weighted by Gasteiger charge is -2.34. The molecule has 0 amide bonds. The second-order valence-corrected chi connectivity index (χ2v) is 15.5. The highest BCUT2D eigenvalue weighted by molar-refractivity contribution is 6.13. The van der Waals surface area contributed by atoms with Gasteiger partial charge in [0.1, 0.15) is 0 Å². The highest BCUT2D eigenvalue weighted by Gasteiger charge is 2.46. The number of hydrogen-bond acceptors (Lipinski definition) is 3. The smallest absolute Gasteiger partial charge is 0.0972 e. The van der Waals surface area contributed by atoms with Crippen LogP contribution < -0.4 is 0 Å². The van der Waals surface area contributed by atoms with Crippen LogP contribution in [0.15, 0.2) is 212 Å². The van der Waals surface area contributed by atoms with E-state index in [1.807, 2.05) is 12.3 Å². The van der Waals surface area contributed by atoms with E-state index in [1.54, 1.807) is 0 Å². The Balaban J connectivity index is 0.979. The van der Waals surface area contributed by atoms with Crippen molar-refractivity contribution in [2.75, 3.05) is 0 Å². The van der Waals surface area contributed by atoms with Crippen molar-refractivity contribution < 1.29 is 0 Å². The maximum absolute atomic E-state index is 5.38. The van der Waals surface area contributed by atoms with Gasteiger partial charge in [-0.3, -0.25) is 4.98 Å². The van der Waals surface area contributed by atoms with Crippen molar-refractivity contribution in [3.63, 3.8) is 0 Å². The Labute approximate surface area is 342 Å². The van der Waals surface area contributed by atoms with Gasteiger partial charge in [-0.05, 0) is 80.2 Å². The highest BCUT2D eigenvalue weighted by atomic mass is 14.8. The van der Waals surface area contributed by atoms with Crippen molar-refractivity contribution >= 4 is 43.5 Å². The third-order valence-electron chi connectivity index (χ3n) is 12.4. The summed E-state index contributed by atoms with van der Waals surface area (Å²) in [5, 5.41) is 5.70. The van der Waals surface area contributed by atoms with Crippen molar-refractivity contribution in [1.82, 2.24) is 15.0 Å². The number of hydrogen-bond donors (Lipinski definition) is 0. The molecule has 0 spiro atoms. The summed E-state index contributed by atoms with van der Waals surface area (Å²) in [4.78, 5) is 15.1. The summed E-state index contributed by atoms with van der Waals surface area (Å²) in [6, 6.07) is 74.5. The largest absolute Gasteiger partial charge is 0.254 e. The van der Waals surface area contributed by atoms with E-state index in [9.17, 15) is 0 Å². The lowest BCUT2D eigenvalue weighted by molar-refractivity contribution is 0.769. The minimum atomic E-state index is -0.472. The summed E-state index contributed by atoms with van der Waals surface area (Å²) in [5.74, 6) is 0. The van der Waals surface area contributed by atoms with E-state index >= 15 is 0 Å². The van der Waals surface area contributed by atoms with Gasteiger partial charge in [0, 0.05) is 38.9 Å². The van der Waals surface area contributed by atoms with Crippen molar-refractivity contribution in [2.24, 2.45) is 0 Å². The Morgan fingerprint density at radius 1 is 0.356 bits per heavy atom. The number of aromatic nitrogens is 3. The van der Waals surface area contributed by atoms with Gasteiger partial charge in [-0.1, -0.05) is 176 Å². The Hall–Kier alpha value is -7.75. The first kappa shape index (κ1) is 33.4. The van der Waals surface area contributed by atoms with E-state index in [2.05, 4.69) is 205 Å². The van der Waals surface area contributed by atoms with Crippen molar-refractivity contribution in [1.29, 1.82) is 0 Å². The molecule has 1 aliphatic carbocycles. The molecule has 12 rings (SSSR count). The van der Waals surface area contributed by atoms with Crippen molar-refractivity contribution in [3.05, 3.63) is 235 Å². The quantitative estimate of drug-likeness (QED) is 0.165. The summed E-state index contributed by atoms with van der Waals surface area (Å²) in [5.41, 5.74) is 16.4. The first-order valence-electron chi connectivity index (χ1n) is 20.2. The zero-order chi connectivity index (χ0) is 38.9. The van der Waals surface area contributed by atoms with Gasteiger partial charge >= 0.3 is 0 Å². The molecule has 0 fully saturated rings. The van der Waals surface area contributed by atoms with Crippen LogP contribution >= 0.6 is 0 Å². The second-order valence-electron chi connectivity index (χ2n) is 15.5. The Morgan fingerprint density at radius 2 is 0.966 bits per heavy atom. The van der Waals surface area contributed by atoms with E-state index in [-0.39, 0.29) is 0 Å². The molecule has 0 saturated carbocycles. The molecule has 3 heteroatoms. The van der Waals surface area contributed by atoms with Crippen LogP contribution in [0.25, 0.3) is 88.2 Å². The van der Waals surface area contributed by atoms with Crippen LogP contribution in [0.1, 0.15) is 22.3 Å². The fourth-order valence-electron chi connectivity index (χ4n) is 9.64. The van der Waals surface area contributed by atoms with Gasteiger partial charge in [-0.2, -0.15) is 0 Å². The normalized spacial score (nSPS) is 12.9. The van der Waals surface area contributed by atoms with Gasteiger partial charge < -0.3 is 0 Å². The van der Waals surface area contributed by atoms with Gasteiger partial charge in [0.25, 0.3) is 0 Å². The lowest BCUT2D eigenvalue weighted by atomic mass is 9.67. The number of benzene rings is 8. The zero-order valence-electron chi connectivity index (χ0n) is 32.0.